The van der Waals surface area contributed by atoms with E-state index in [0.717, 1.165) is 24.2 Å². The number of amides is 1. The van der Waals surface area contributed by atoms with Gasteiger partial charge in [0, 0.05) is 0 Å². The first-order valence-electron chi connectivity index (χ1n) is 8.20. The average molecular weight is 319 g/mol. The van der Waals surface area contributed by atoms with Gasteiger partial charge in [-0.1, -0.05) is 32.0 Å². The molecular formula is C18H25NO4. The Bertz CT molecular complexity index is 566. The number of carbonyl (C=O) groups is 2. The van der Waals surface area contributed by atoms with Gasteiger partial charge in [0.15, 0.2) is 6.61 Å². The molecule has 0 saturated heterocycles. The fourth-order valence-electron chi connectivity index (χ4n) is 2.95. The molecule has 2 rings (SSSR count). The number of para-hydroxylation sites is 1. The lowest BCUT2D eigenvalue weighted by atomic mass is 9.74. The second-order valence-electron chi connectivity index (χ2n) is 6.39. The zero-order valence-electron chi connectivity index (χ0n) is 13.8. The molecule has 1 aliphatic rings. The maximum atomic E-state index is 12.1. The summed E-state index contributed by atoms with van der Waals surface area (Å²) in [5.74, 6) is -0.0601. The van der Waals surface area contributed by atoms with E-state index in [4.69, 9.17) is 9.84 Å². The van der Waals surface area contributed by atoms with Crippen molar-refractivity contribution >= 4 is 11.9 Å². The monoisotopic (exact) mass is 319 g/mol. The van der Waals surface area contributed by atoms with E-state index in [9.17, 15) is 9.59 Å². The van der Waals surface area contributed by atoms with Gasteiger partial charge in [0.25, 0.3) is 5.91 Å². The van der Waals surface area contributed by atoms with Gasteiger partial charge in [0.2, 0.25) is 0 Å². The Morgan fingerprint density at radius 3 is 2.61 bits per heavy atom. The highest BCUT2D eigenvalue weighted by molar-refractivity contribution is 5.80. The molecule has 0 radical (unpaired) electrons. The van der Waals surface area contributed by atoms with Crippen LogP contribution in [0.5, 0.6) is 5.75 Å². The standard InChI is InChI=1S/C18H25NO4/c1-3-13(2)14-7-4-5-8-15(14)23-12-16(20)19-18(9-6-10-18)11-17(21)22/h4-5,7-8,13H,3,6,9-12H2,1-2H3,(H,19,20)(H,21,22). The third kappa shape index (κ3) is 4.47. The number of hydrogen-bond acceptors (Lipinski definition) is 3. The lowest BCUT2D eigenvalue weighted by molar-refractivity contribution is -0.140. The zero-order valence-corrected chi connectivity index (χ0v) is 13.8. The molecule has 1 unspecified atom stereocenters. The zero-order chi connectivity index (χ0) is 16.9. The van der Waals surface area contributed by atoms with E-state index in [-0.39, 0.29) is 18.9 Å². The summed E-state index contributed by atoms with van der Waals surface area (Å²) in [5, 5.41) is 11.8. The fourth-order valence-corrected chi connectivity index (χ4v) is 2.95. The predicted octanol–water partition coefficient (Wildman–Crippen LogP) is 3.09. The Labute approximate surface area is 137 Å². The van der Waals surface area contributed by atoms with E-state index in [1.165, 1.54) is 0 Å². The lowest BCUT2D eigenvalue weighted by Gasteiger charge is -2.41. The Morgan fingerprint density at radius 1 is 1.35 bits per heavy atom. The van der Waals surface area contributed by atoms with E-state index in [1.54, 1.807) is 0 Å². The highest BCUT2D eigenvalue weighted by Gasteiger charge is 2.40. The minimum absolute atomic E-state index is 0.0256. The van der Waals surface area contributed by atoms with Crippen molar-refractivity contribution in [1.29, 1.82) is 0 Å². The second-order valence-corrected chi connectivity index (χ2v) is 6.39. The Kier molecular flexibility index (Phi) is 5.64. The van der Waals surface area contributed by atoms with Crippen molar-refractivity contribution in [1.82, 2.24) is 5.32 Å². The van der Waals surface area contributed by atoms with Gasteiger partial charge in [-0.05, 0) is 43.2 Å². The molecule has 5 nitrogen and oxygen atoms in total. The van der Waals surface area contributed by atoms with Gasteiger partial charge >= 0.3 is 5.97 Å². The third-order valence-electron chi connectivity index (χ3n) is 4.63. The molecule has 2 N–H and O–H groups in total. The van der Waals surface area contributed by atoms with Crippen molar-refractivity contribution in [3.8, 4) is 5.75 Å². The number of rotatable bonds is 8. The van der Waals surface area contributed by atoms with Crippen molar-refractivity contribution in [2.24, 2.45) is 0 Å². The van der Waals surface area contributed by atoms with Gasteiger partial charge in [0.1, 0.15) is 5.75 Å². The number of carbonyl (C=O) groups excluding carboxylic acids is 1. The van der Waals surface area contributed by atoms with Crippen LogP contribution in [0.25, 0.3) is 0 Å². The molecule has 1 saturated carbocycles. The average Bonchev–Trinajstić information content (AvgIpc) is 2.49. The smallest absolute Gasteiger partial charge is 0.305 e. The minimum atomic E-state index is -0.881. The highest BCUT2D eigenvalue weighted by atomic mass is 16.5. The van der Waals surface area contributed by atoms with Gasteiger partial charge in [-0.25, -0.2) is 0 Å². The minimum Gasteiger partial charge on any atom is -0.483 e. The van der Waals surface area contributed by atoms with Crippen LogP contribution in [0.3, 0.4) is 0 Å². The van der Waals surface area contributed by atoms with Crippen molar-refractivity contribution in [3.05, 3.63) is 29.8 Å². The number of hydrogen-bond donors (Lipinski definition) is 2. The number of aliphatic carboxylic acids is 1. The van der Waals surface area contributed by atoms with Gasteiger partial charge in [-0.3, -0.25) is 9.59 Å². The summed E-state index contributed by atoms with van der Waals surface area (Å²) in [6, 6.07) is 7.73. The van der Waals surface area contributed by atoms with E-state index in [0.29, 0.717) is 18.8 Å². The summed E-state index contributed by atoms with van der Waals surface area (Å²) < 4.78 is 5.68. The molecule has 1 atom stereocenters. The normalized spacial score (nSPS) is 17.0. The van der Waals surface area contributed by atoms with Gasteiger partial charge in [-0.2, -0.15) is 0 Å². The molecule has 1 aliphatic carbocycles. The molecule has 1 aromatic rings. The Morgan fingerprint density at radius 2 is 2.04 bits per heavy atom. The van der Waals surface area contributed by atoms with E-state index in [2.05, 4.69) is 19.2 Å². The number of benzene rings is 1. The van der Waals surface area contributed by atoms with Crippen LogP contribution in [0.4, 0.5) is 0 Å². The maximum absolute atomic E-state index is 12.1. The number of nitrogens with one attached hydrogen (secondary N) is 1. The van der Waals surface area contributed by atoms with E-state index < -0.39 is 11.5 Å². The van der Waals surface area contributed by atoms with Crippen molar-refractivity contribution < 1.29 is 19.4 Å². The Balaban J connectivity index is 1.93. The van der Waals surface area contributed by atoms with Crippen LogP contribution in [0.15, 0.2) is 24.3 Å². The molecule has 126 valence electrons. The number of ether oxygens (including phenoxy) is 1. The van der Waals surface area contributed by atoms with E-state index in [1.807, 2.05) is 24.3 Å². The molecule has 1 aromatic carbocycles. The van der Waals surface area contributed by atoms with Crippen LogP contribution < -0.4 is 10.1 Å². The largest absolute Gasteiger partial charge is 0.483 e. The molecule has 0 aromatic heterocycles. The fraction of sp³-hybridized carbons (Fsp3) is 0.556. The lowest BCUT2D eigenvalue weighted by Crippen LogP contribution is -2.55. The summed E-state index contributed by atoms with van der Waals surface area (Å²) in [7, 11) is 0. The Hall–Kier alpha value is -2.04. The topological polar surface area (TPSA) is 75.6 Å². The summed E-state index contributed by atoms with van der Waals surface area (Å²) in [4.78, 5) is 23.1. The highest BCUT2D eigenvalue weighted by Crippen LogP contribution is 2.35. The number of carboxylic acid groups (broad SMARTS) is 1. The molecule has 1 fully saturated rings. The van der Waals surface area contributed by atoms with Crippen molar-refractivity contribution in [2.45, 2.75) is 57.4 Å². The predicted molar refractivity (Wildman–Crippen MR) is 87.6 cm³/mol. The summed E-state index contributed by atoms with van der Waals surface area (Å²) in [5.41, 5.74) is 0.509. The van der Waals surface area contributed by atoms with Crippen molar-refractivity contribution in [2.75, 3.05) is 6.61 Å². The molecule has 23 heavy (non-hydrogen) atoms. The first kappa shape index (κ1) is 17.3. The summed E-state index contributed by atoms with van der Waals surface area (Å²) in [6.45, 7) is 4.15. The maximum Gasteiger partial charge on any atom is 0.305 e. The molecular weight excluding hydrogens is 294 g/mol. The summed E-state index contributed by atoms with van der Waals surface area (Å²) >= 11 is 0. The van der Waals surface area contributed by atoms with Gasteiger partial charge < -0.3 is 15.2 Å². The van der Waals surface area contributed by atoms with Crippen LogP contribution in [0, 0.1) is 0 Å². The van der Waals surface area contributed by atoms with Gasteiger partial charge in [-0.15, -0.1) is 0 Å². The quantitative estimate of drug-likeness (QED) is 0.772. The van der Waals surface area contributed by atoms with Crippen LogP contribution in [0.1, 0.15) is 57.4 Å². The second kappa shape index (κ2) is 7.49. The van der Waals surface area contributed by atoms with Crippen LogP contribution in [-0.2, 0) is 9.59 Å². The van der Waals surface area contributed by atoms with Crippen LogP contribution in [-0.4, -0.2) is 29.1 Å². The number of carboxylic acids is 1. The van der Waals surface area contributed by atoms with Gasteiger partial charge in [0.05, 0.1) is 12.0 Å². The molecule has 0 spiro atoms. The molecule has 1 amide bonds. The molecule has 5 heteroatoms. The van der Waals surface area contributed by atoms with Crippen LogP contribution in [0.2, 0.25) is 0 Å². The van der Waals surface area contributed by atoms with Crippen LogP contribution >= 0.6 is 0 Å². The SMILES string of the molecule is CCC(C)c1ccccc1OCC(=O)NC1(CC(=O)O)CCC1. The van der Waals surface area contributed by atoms with Crippen molar-refractivity contribution in [3.63, 3.8) is 0 Å². The third-order valence-corrected chi connectivity index (χ3v) is 4.63. The molecule has 0 bridgehead atoms. The first-order chi connectivity index (χ1) is 11.0. The molecule has 0 heterocycles. The molecule has 0 aliphatic heterocycles. The van der Waals surface area contributed by atoms with E-state index >= 15 is 0 Å². The summed E-state index contributed by atoms with van der Waals surface area (Å²) in [6.07, 6.45) is 3.35. The first-order valence-corrected chi connectivity index (χ1v) is 8.20.